The summed E-state index contributed by atoms with van der Waals surface area (Å²) in [5.41, 5.74) is 3.65. The SMILES string of the molecule is Cc1nc(-c2cccnc2)nc(N2CCN(Cc3nc4ccccc4c(=O)[nH]3)CC2)c1C. The van der Waals surface area contributed by atoms with Gasteiger partial charge in [0.05, 0.1) is 17.4 Å². The standard InChI is InChI=1S/C24H25N7O/c1-16-17(2)26-22(18-6-5-9-25-14-18)29-23(16)31-12-10-30(11-13-31)15-21-27-20-8-4-3-7-19(20)24(32)28-21/h3-9,14H,10-13,15H2,1-2H3,(H,27,28,32). The first-order chi connectivity index (χ1) is 15.6. The fourth-order valence-corrected chi connectivity index (χ4v) is 4.09. The quantitative estimate of drug-likeness (QED) is 0.535. The number of fused-ring (bicyclic) bond motifs is 1. The van der Waals surface area contributed by atoms with Crippen molar-refractivity contribution >= 4 is 16.7 Å². The normalized spacial score (nSPS) is 14.8. The van der Waals surface area contributed by atoms with Crippen molar-refractivity contribution in [2.24, 2.45) is 0 Å². The summed E-state index contributed by atoms with van der Waals surface area (Å²) in [6, 6.07) is 11.3. The second kappa shape index (κ2) is 8.47. The predicted octanol–water partition coefficient (Wildman–Crippen LogP) is 2.71. The molecule has 1 saturated heterocycles. The van der Waals surface area contributed by atoms with Crippen LogP contribution < -0.4 is 10.5 Å². The number of pyridine rings is 1. The number of hydrogen-bond acceptors (Lipinski definition) is 7. The molecule has 8 heteroatoms. The molecule has 162 valence electrons. The molecule has 0 amide bonds. The Hall–Kier alpha value is -3.65. The fraction of sp³-hybridized carbons (Fsp3) is 0.292. The van der Waals surface area contributed by atoms with Gasteiger partial charge in [0.1, 0.15) is 11.6 Å². The first-order valence-corrected chi connectivity index (χ1v) is 10.8. The lowest BCUT2D eigenvalue weighted by molar-refractivity contribution is 0.243. The van der Waals surface area contributed by atoms with Crippen LogP contribution in [0.2, 0.25) is 0 Å². The van der Waals surface area contributed by atoms with E-state index in [1.165, 1.54) is 0 Å². The summed E-state index contributed by atoms with van der Waals surface area (Å²) in [5.74, 6) is 2.39. The van der Waals surface area contributed by atoms with E-state index in [1.807, 2.05) is 37.3 Å². The Kier molecular flexibility index (Phi) is 5.36. The average Bonchev–Trinajstić information content (AvgIpc) is 2.82. The molecule has 0 unspecified atom stereocenters. The van der Waals surface area contributed by atoms with Crippen molar-refractivity contribution in [3.8, 4) is 11.4 Å². The number of nitrogens with zero attached hydrogens (tertiary/aromatic N) is 6. The number of aryl methyl sites for hydroxylation is 1. The Morgan fingerprint density at radius 1 is 0.969 bits per heavy atom. The van der Waals surface area contributed by atoms with E-state index in [4.69, 9.17) is 4.98 Å². The fourth-order valence-electron chi connectivity index (χ4n) is 4.09. The monoisotopic (exact) mass is 427 g/mol. The molecule has 4 aromatic rings. The largest absolute Gasteiger partial charge is 0.354 e. The molecule has 8 nitrogen and oxygen atoms in total. The van der Waals surface area contributed by atoms with Gasteiger partial charge in [-0.1, -0.05) is 12.1 Å². The lowest BCUT2D eigenvalue weighted by atomic mass is 10.2. The molecule has 5 rings (SSSR count). The van der Waals surface area contributed by atoms with Crippen LogP contribution in [0.4, 0.5) is 5.82 Å². The number of nitrogens with one attached hydrogen (secondary N) is 1. The third-order valence-electron chi connectivity index (χ3n) is 5.99. The zero-order valence-corrected chi connectivity index (χ0v) is 18.2. The first-order valence-electron chi connectivity index (χ1n) is 10.8. The minimum Gasteiger partial charge on any atom is -0.354 e. The van der Waals surface area contributed by atoms with Crippen molar-refractivity contribution in [3.05, 3.63) is 76.2 Å². The highest BCUT2D eigenvalue weighted by atomic mass is 16.1. The summed E-state index contributed by atoms with van der Waals surface area (Å²) >= 11 is 0. The highest BCUT2D eigenvalue weighted by Gasteiger charge is 2.22. The van der Waals surface area contributed by atoms with Gasteiger partial charge in [-0.05, 0) is 38.1 Å². The molecular formula is C24H25N7O. The van der Waals surface area contributed by atoms with E-state index in [-0.39, 0.29) is 5.56 Å². The Balaban J connectivity index is 1.32. The Morgan fingerprint density at radius 2 is 1.78 bits per heavy atom. The summed E-state index contributed by atoms with van der Waals surface area (Å²) in [6.45, 7) is 8.15. The van der Waals surface area contributed by atoms with E-state index >= 15 is 0 Å². The van der Waals surface area contributed by atoms with E-state index in [2.05, 4.69) is 36.7 Å². The second-order valence-electron chi connectivity index (χ2n) is 8.12. The first kappa shape index (κ1) is 20.3. The minimum atomic E-state index is -0.0840. The van der Waals surface area contributed by atoms with Crippen LogP contribution in [0.1, 0.15) is 17.1 Å². The molecule has 1 aliphatic heterocycles. The third-order valence-corrected chi connectivity index (χ3v) is 5.99. The van der Waals surface area contributed by atoms with Crippen molar-refractivity contribution in [1.29, 1.82) is 0 Å². The number of aromatic nitrogens is 5. The molecule has 0 aliphatic carbocycles. The van der Waals surface area contributed by atoms with Crippen LogP contribution in [-0.2, 0) is 6.54 Å². The van der Waals surface area contributed by atoms with Crippen molar-refractivity contribution in [1.82, 2.24) is 29.8 Å². The zero-order valence-electron chi connectivity index (χ0n) is 18.2. The van der Waals surface area contributed by atoms with Crippen molar-refractivity contribution in [3.63, 3.8) is 0 Å². The number of H-pyrrole nitrogens is 1. The van der Waals surface area contributed by atoms with Gasteiger partial charge in [-0.15, -0.1) is 0 Å². The molecule has 0 spiro atoms. The number of piperazine rings is 1. The lowest BCUT2D eigenvalue weighted by Crippen LogP contribution is -2.47. The Morgan fingerprint density at radius 3 is 2.56 bits per heavy atom. The van der Waals surface area contributed by atoms with Gasteiger partial charge < -0.3 is 9.88 Å². The summed E-state index contributed by atoms with van der Waals surface area (Å²) < 4.78 is 0. The van der Waals surface area contributed by atoms with Gasteiger partial charge in [0.25, 0.3) is 5.56 Å². The maximum Gasteiger partial charge on any atom is 0.258 e. The molecule has 1 aliphatic rings. The van der Waals surface area contributed by atoms with E-state index < -0.39 is 0 Å². The summed E-state index contributed by atoms with van der Waals surface area (Å²) in [4.78, 5) is 38.3. The lowest BCUT2D eigenvalue weighted by Gasteiger charge is -2.36. The Labute approximate surface area is 186 Å². The molecule has 1 fully saturated rings. The van der Waals surface area contributed by atoms with Gasteiger partial charge in [0.15, 0.2) is 5.82 Å². The predicted molar refractivity (Wildman–Crippen MR) is 125 cm³/mol. The number of benzene rings is 1. The van der Waals surface area contributed by atoms with Gasteiger partial charge in [-0.25, -0.2) is 15.0 Å². The summed E-state index contributed by atoms with van der Waals surface area (Å²) in [7, 11) is 0. The van der Waals surface area contributed by atoms with Crippen LogP contribution in [-0.4, -0.2) is 56.0 Å². The molecule has 4 heterocycles. The highest BCUT2D eigenvalue weighted by Crippen LogP contribution is 2.25. The molecule has 1 aromatic carbocycles. The molecule has 0 atom stereocenters. The molecule has 0 bridgehead atoms. The maximum absolute atomic E-state index is 12.4. The van der Waals surface area contributed by atoms with Crippen molar-refractivity contribution in [2.45, 2.75) is 20.4 Å². The topological polar surface area (TPSA) is 90.9 Å². The molecular weight excluding hydrogens is 402 g/mol. The van der Waals surface area contributed by atoms with Crippen molar-refractivity contribution in [2.75, 3.05) is 31.1 Å². The van der Waals surface area contributed by atoms with Crippen LogP contribution >= 0.6 is 0 Å². The van der Waals surface area contributed by atoms with E-state index in [1.54, 1.807) is 18.5 Å². The Bertz CT molecular complexity index is 1310. The maximum atomic E-state index is 12.4. The number of para-hydroxylation sites is 1. The second-order valence-corrected chi connectivity index (χ2v) is 8.12. The van der Waals surface area contributed by atoms with Crippen LogP contribution in [0.5, 0.6) is 0 Å². The number of hydrogen-bond donors (Lipinski definition) is 1. The average molecular weight is 428 g/mol. The van der Waals surface area contributed by atoms with Gasteiger partial charge in [0.2, 0.25) is 0 Å². The summed E-state index contributed by atoms with van der Waals surface area (Å²) in [6.07, 6.45) is 3.55. The summed E-state index contributed by atoms with van der Waals surface area (Å²) in [5, 5.41) is 0.625. The molecule has 3 aromatic heterocycles. The van der Waals surface area contributed by atoms with E-state index in [0.29, 0.717) is 23.6 Å². The van der Waals surface area contributed by atoms with E-state index in [9.17, 15) is 4.79 Å². The van der Waals surface area contributed by atoms with Gasteiger partial charge in [-0.2, -0.15) is 0 Å². The zero-order chi connectivity index (χ0) is 22.1. The number of aromatic amines is 1. The molecule has 1 N–H and O–H groups in total. The van der Waals surface area contributed by atoms with Crippen LogP contribution in [0.3, 0.4) is 0 Å². The molecule has 0 radical (unpaired) electrons. The van der Waals surface area contributed by atoms with E-state index in [0.717, 1.165) is 54.3 Å². The van der Waals surface area contributed by atoms with Crippen LogP contribution in [0, 0.1) is 13.8 Å². The number of anilines is 1. The third kappa shape index (κ3) is 3.97. The molecule has 0 saturated carbocycles. The highest BCUT2D eigenvalue weighted by molar-refractivity contribution is 5.77. The number of rotatable bonds is 4. The molecule has 32 heavy (non-hydrogen) atoms. The van der Waals surface area contributed by atoms with Crippen LogP contribution in [0.25, 0.3) is 22.3 Å². The van der Waals surface area contributed by atoms with Gasteiger partial charge >= 0.3 is 0 Å². The van der Waals surface area contributed by atoms with Gasteiger partial charge in [-0.3, -0.25) is 14.7 Å². The smallest absolute Gasteiger partial charge is 0.258 e. The van der Waals surface area contributed by atoms with Crippen molar-refractivity contribution < 1.29 is 0 Å². The van der Waals surface area contributed by atoms with Crippen LogP contribution in [0.15, 0.2) is 53.6 Å². The van der Waals surface area contributed by atoms with Gasteiger partial charge in [0, 0.05) is 55.4 Å². The minimum absolute atomic E-state index is 0.0840.